The topological polar surface area (TPSA) is 25.2 Å². The molecule has 0 radical (unpaired) electrons. The maximum atomic E-state index is 13.3. The zero-order chi connectivity index (χ0) is 14.1. The molecule has 0 saturated carbocycles. The van der Waals surface area contributed by atoms with Crippen molar-refractivity contribution in [3.63, 3.8) is 0 Å². The third-order valence-corrected chi connectivity index (χ3v) is 4.66. The minimum atomic E-state index is -0.202. The van der Waals surface area contributed by atoms with Crippen LogP contribution in [0.3, 0.4) is 0 Å². The average Bonchev–Trinajstić information content (AvgIpc) is 3.01. The van der Waals surface area contributed by atoms with Gasteiger partial charge in [-0.25, -0.2) is 4.39 Å². The van der Waals surface area contributed by atoms with Crippen molar-refractivity contribution in [2.45, 2.75) is 13.0 Å². The van der Waals surface area contributed by atoms with Gasteiger partial charge in [0.1, 0.15) is 17.6 Å². The molecule has 0 saturated heterocycles. The molecule has 1 atom stereocenters. The van der Waals surface area contributed by atoms with Crippen molar-refractivity contribution in [2.24, 2.45) is 0 Å². The molecule has 0 aliphatic carbocycles. The highest BCUT2D eigenvalue weighted by Gasteiger charge is 2.19. The number of hydrogen-bond acceptors (Lipinski definition) is 3. The minimum absolute atomic E-state index is 0.00763. The lowest BCUT2D eigenvalue weighted by atomic mass is 10.1. The van der Waals surface area contributed by atoms with Gasteiger partial charge in [-0.15, -0.1) is 11.3 Å². The first kappa shape index (κ1) is 13.8. The molecule has 2 heterocycles. The minimum Gasteiger partial charge on any atom is -0.452 e. The Balaban J connectivity index is 2.04. The summed E-state index contributed by atoms with van der Waals surface area (Å²) in [4.78, 5) is 1.12. The number of halogens is 2. The molecule has 0 fully saturated rings. The van der Waals surface area contributed by atoms with E-state index in [4.69, 9.17) is 4.42 Å². The summed E-state index contributed by atoms with van der Waals surface area (Å²) in [6, 6.07) is 10.8. The van der Waals surface area contributed by atoms with E-state index < -0.39 is 0 Å². The predicted molar refractivity (Wildman–Crippen MR) is 83.7 cm³/mol. The molecule has 1 unspecified atom stereocenters. The molecule has 0 spiro atoms. The number of benzene rings is 1. The molecule has 3 rings (SSSR count). The largest absolute Gasteiger partial charge is 0.452 e. The van der Waals surface area contributed by atoms with Crippen LogP contribution in [-0.2, 0) is 0 Å². The lowest BCUT2D eigenvalue weighted by Crippen LogP contribution is -2.20. The van der Waals surface area contributed by atoms with Gasteiger partial charge in [0.15, 0.2) is 4.67 Å². The first-order chi connectivity index (χ1) is 9.67. The molecule has 0 aliphatic heterocycles. The fourth-order valence-electron chi connectivity index (χ4n) is 2.20. The van der Waals surface area contributed by atoms with E-state index in [1.807, 2.05) is 18.2 Å². The lowest BCUT2D eigenvalue weighted by Gasteiger charge is -2.13. The summed E-state index contributed by atoms with van der Waals surface area (Å²) >= 11 is 4.91. The molecule has 2 nitrogen and oxygen atoms in total. The fourth-order valence-corrected chi connectivity index (χ4v) is 3.69. The van der Waals surface area contributed by atoms with Gasteiger partial charge in [-0.3, -0.25) is 0 Å². The smallest absolute Gasteiger partial charge is 0.169 e. The van der Waals surface area contributed by atoms with Crippen LogP contribution in [0, 0.1) is 5.82 Å². The van der Waals surface area contributed by atoms with Crippen molar-refractivity contribution >= 4 is 37.4 Å². The number of thiophene rings is 1. The van der Waals surface area contributed by atoms with Crippen LogP contribution in [0.15, 0.2) is 45.5 Å². The van der Waals surface area contributed by atoms with Crippen LogP contribution in [-0.4, -0.2) is 6.54 Å². The van der Waals surface area contributed by atoms with Gasteiger partial charge in [0.05, 0.1) is 0 Å². The number of furan rings is 1. The third kappa shape index (κ3) is 2.66. The van der Waals surface area contributed by atoms with Crippen molar-refractivity contribution in [1.82, 2.24) is 5.32 Å². The first-order valence-electron chi connectivity index (χ1n) is 6.35. The summed E-state index contributed by atoms with van der Waals surface area (Å²) in [6.45, 7) is 2.88. The van der Waals surface area contributed by atoms with E-state index in [-0.39, 0.29) is 11.9 Å². The highest BCUT2D eigenvalue weighted by molar-refractivity contribution is 9.10. The van der Waals surface area contributed by atoms with Gasteiger partial charge in [0.2, 0.25) is 0 Å². The van der Waals surface area contributed by atoms with Crippen molar-refractivity contribution in [2.75, 3.05) is 6.54 Å². The Morgan fingerprint density at radius 1 is 1.30 bits per heavy atom. The Kier molecular flexibility index (Phi) is 3.92. The zero-order valence-electron chi connectivity index (χ0n) is 10.8. The molecule has 3 aromatic rings. The van der Waals surface area contributed by atoms with Crippen molar-refractivity contribution in [3.8, 4) is 0 Å². The van der Waals surface area contributed by atoms with E-state index >= 15 is 0 Å². The van der Waals surface area contributed by atoms with Crippen LogP contribution < -0.4 is 5.32 Å². The first-order valence-corrected chi connectivity index (χ1v) is 7.96. The van der Waals surface area contributed by atoms with Gasteiger partial charge >= 0.3 is 0 Å². The summed E-state index contributed by atoms with van der Waals surface area (Å²) in [7, 11) is 0. The molecule has 20 heavy (non-hydrogen) atoms. The fraction of sp³-hybridized carbons (Fsp3) is 0.200. The Labute approximate surface area is 128 Å². The molecule has 0 bridgehead atoms. The SMILES string of the molecule is CCNC(c1ccc(Br)o1)c1cc2ccc(F)cc2s1. The van der Waals surface area contributed by atoms with Crippen molar-refractivity contribution in [3.05, 3.63) is 57.5 Å². The summed E-state index contributed by atoms with van der Waals surface area (Å²) in [5.74, 6) is 0.650. The maximum absolute atomic E-state index is 13.3. The normalized spacial score (nSPS) is 12.9. The van der Waals surface area contributed by atoms with E-state index in [0.29, 0.717) is 4.67 Å². The van der Waals surface area contributed by atoms with E-state index in [0.717, 1.165) is 27.3 Å². The predicted octanol–water partition coefficient (Wildman–Crippen LogP) is 5.09. The van der Waals surface area contributed by atoms with Crippen molar-refractivity contribution in [1.29, 1.82) is 0 Å². The number of nitrogens with one attached hydrogen (secondary N) is 1. The second-order valence-corrected chi connectivity index (χ2v) is 6.36. The summed E-state index contributed by atoms with van der Waals surface area (Å²) in [5.41, 5.74) is 0. The Bertz CT molecular complexity index is 736. The summed E-state index contributed by atoms with van der Waals surface area (Å²) in [5, 5.41) is 4.46. The molecule has 104 valence electrons. The van der Waals surface area contributed by atoms with Gasteiger partial charge < -0.3 is 9.73 Å². The second-order valence-electron chi connectivity index (χ2n) is 4.46. The number of fused-ring (bicyclic) bond motifs is 1. The molecule has 5 heteroatoms. The average molecular weight is 354 g/mol. The van der Waals surface area contributed by atoms with Gasteiger partial charge in [-0.2, -0.15) is 0 Å². The Morgan fingerprint density at radius 3 is 2.85 bits per heavy atom. The zero-order valence-corrected chi connectivity index (χ0v) is 13.2. The number of hydrogen-bond donors (Lipinski definition) is 1. The van der Waals surface area contributed by atoms with E-state index in [2.05, 4.69) is 34.2 Å². The summed E-state index contributed by atoms with van der Waals surface area (Å²) in [6.07, 6.45) is 0. The molecular weight excluding hydrogens is 341 g/mol. The molecule has 2 aromatic heterocycles. The van der Waals surface area contributed by atoms with Crippen LogP contribution in [0.2, 0.25) is 0 Å². The maximum Gasteiger partial charge on any atom is 0.169 e. The van der Waals surface area contributed by atoms with Crippen LogP contribution in [0.4, 0.5) is 4.39 Å². The lowest BCUT2D eigenvalue weighted by molar-refractivity contribution is 0.440. The molecule has 0 amide bonds. The van der Waals surface area contributed by atoms with E-state index in [1.165, 1.54) is 6.07 Å². The van der Waals surface area contributed by atoms with E-state index in [1.54, 1.807) is 17.4 Å². The molecule has 1 aromatic carbocycles. The highest BCUT2D eigenvalue weighted by atomic mass is 79.9. The summed E-state index contributed by atoms with van der Waals surface area (Å²) < 4.78 is 20.6. The molecule has 1 N–H and O–H groups in total. The van der Waals surface area contributed by atoms with Gasteiger partial charge in [-0.05, 0) is 58.2 Å². The molecular formula is C15H13BrFNOS. The van der Waals surface area contributed by atoms with Gasteiger partial charge in [0, 0.05) is 9.58 Å². The van der Waals surface area contributed by atoms with Crippen LogP contribution in [0.5, 0.6) is 0 Å². The van der Waals surface area contributed by atoms with E-state index in [9.17, 15) is 4.39 Å². The van der Waals surface area contributed by atoms with Crippen LogP contribution in [0.25, 0.3) is 10.1 Å². The van der Waals surface area contributed by atoms with Gasteiger partial charge in [-0.1, -0.05) is 13.0 Å². The molecule has 0 aliphatic rings. The monoisotopic (exact) mass is 353 g/mol. The Morgan fingerprint density at radius 2 is 2.15 bits per heavy atom. The van der Waals surface area contributed by atoms with Crippen LogP contribution in [0.1, 0.15) is 23.6 Å². The Hall–Kier alpha value is -1.17. The van der Waals surface area contributed by atoms with Crippen molar-refractivity contribution < 1.29 is 8.81 Å². The van der Waals surface area contributed by atoms with Crippen LogP contribution >= 0.6 is 27.3 Å². The number of rotatable bonds is 4. The third-order valence-electron chi connectivity index (χ3n) is 3.07. The second kappa shape index (κ2) is 5.68. The standard InChI is InChI=1S/C15H13BrFNOS/c1-2-18-15(11-5-6-14(16)19-11)13-7-9-3-4-10(17)8-12(9)20-13/h3-8,15,18H,2H2,1H3. The quantitative estimate of drug-likeness (QED) is 0.706. The van der Waals surface area contributed by atoms with Gasteiger partial charge in [0.25, 0.3) is 0 Å². The highest BCUT2D eigenvalue weighted by Crippen LogP contribution is 2.34.